The minimum Gasteiger partial charge on any atom is -0.443 e. The van der Waals surface area contributed by atoms with Crippen molar-refractivity contribution < 1.29 is 28.9 Å². The molecule has 12 nitrogen and oxygen atoms in total. The molecule has 5 atom stereocenters. The first kappa shape index (κ1) is 19.9. The molecular formula is C12H15FN6O6S. The van der Waals surface area contributed by atoms with Crippen LogP contribution in [0.5, 0.6) is 0 Å². The van der Waals surface area contributed by atoms with E-state index in [1.807, 2.05) is 0 Å². The molecule has 3 N–H and O–H groups in total. The summed E-state index contributed by atoms with van der Waals surface area (Å²) in [6.45, 7) is -0.801. The Hall–Kier alpha value is -2.38. The lowest BCUT2D eigenvalue weighted by molar-refractivity contribution is -0.131. The smallest absolute Gasteiger partial charge is 0.351 e. The van der Waals surface area contributed by atoms with Crippen LogP contribution in [0.1, 0.15) is 6.23 Å². The van der Waals surface area contributed by atoms with Crippen molar-refractivity contribution in [2.24, 2.45) is 5.11 Å². The third kappa shape index (κ3) is 3.73. The van der Waals surface area contributed by atoms with E-state index in [0.29, 0.717) is 0 Å². The first-order valence-corrected chi connectivity index (χ1v) is 7.78. The Morgan fingerprint density at radius 3 is 3.00 bits per heavy atom. The van der Waals surface area contributed by atoms with Crippen LogP contribution in [-0.2, 0) is 14.3 Å². The summed E-state index contributed by atoms with van der Waals surface area (Å²) in [6, 6.07) is 1.26. The number of alkyl halides is 1. The molecule has 1 saturated heterocycles. The molecular weight excluding hydrogens is 375 g/mol. The van der Waals surface area contributed by atoms with Gasteiger partial charge in [0.25, 0.3) is 6.47 Å². The molecule has 2 heterocycles. The number of thiol groups is 1. The lowest BCUT2D eigenvalue weighted by atomic mass is 10.1. The van der Waals surface area contributed by atoms with Crippen molar-refractivity contribution >= 4 is 24.9 Å². The maximum Gasteiger partial charge on any atom is 0.351 e. The molecule has 142 valence electrons. The van der Waals surface area contributed by atoms with Crippen LogP contribution in [0.25, 0.3) is 10.4 Å². The van der Waals surface area contributed by atoms with Gasteiger partial charge in [-0.25, -0.2) is 9.18 Å². The number of aromatic nitrogens is 2. The molecule has 0 aromatic carbocycles. The first-order chi connectivity index (χ1) is 12.4. The number of hydrogen-bond donors (Lipinski definition) is 4. The average Bonchev–Trinajstić information content (AvgIpc) is 2.87. The van der Waals surface area contributed by atoms with E-state index in [1.165, 1.54) is 6.07 Å². The molecule has 2 unspecified atom stereocenters. The van der Waals surface area contributed by atoms with Crippen molar-refractivity contribution in [1.82, 2.24) is 9.55 Å². The fourth-order valence-electron chi connectivity index (χ4n) is 2.32. The summed E-state index contributed by atoms with van der Waals surface area (Å²) in [5.41, 5.74) is 5.30. The average molecular weight is 390 g/mol. The quantitative estimate of drug-likeness (QED) is 0.113. The van der Waals surface area contributed by atoms with Crippen molar-refractivity contribution in [3.8, 4) is 0 Å². The van der Waals surface area contributed by atoms with Gasteiger partial charge in [-0.3, -0.25) is 9.36 Å². The van der Waals surface area contributed by atoms with Crippen LogP contribution in [0, 0.1) is 0 Å². The van der Waals surface area contributed by atoms with Crippen molar-refractivity contribution in [3.63, 3.8) is 0 Å². The molecule has 0 aliphatic carbocycles. The second-order valence-electron chi connectivity index (χ2n) is 5.14. The Morgan fingerprint density at radius 2 is 2.46 bits per heavy atom. The minimum absolute atomic E-state index is 0.0181. The largest absolute Gasteiger partial charge is 0.443 e. The van der Waals surface area contributed by atoms with Gasteiger partial charge in [-0.1, -0.05) is 5.11 Å². The molecule has 1 aromatic rings. The highest BCUT2D eigenvalue weighted by atomic mass is 32.1. The molecule has 0 saturated carbocycles. The molecule has 1 aromatic heterocycles. The monoisotopic (exact) mass is 390 g/mol. The lowest BCUT2D eigenvalue weighted by Gasteiger charge is -2.23. The van der Waals surface area contributed by atoms with Gasteiger partial charge in [-0.05, 0) is 11.6 Å². The number of nitrogens with zero attached hydrogens (tertiary/aromatic N) is 5. The second-order valence-corrected chi connectivity index (χ2v) is 5.51. The zero-order valence-electron chi connectivity index (χ0n) is 13.0. The standard InChI is InChI=1S/C12H15FN6O6S/c13-8-9(22)12(4-20,17-18-14)25-10(8)19-2-1-6(16-11(19)23)15-7(3-26)24-5-21/h1-2,5,7-10,20,22,26H,3-4H2,(H,15,16,23)/t7-,8+,9?,10?,12-/m1/s1. The Labute approximate surface area is 150 Å². The lowest BCUT2D eigenvalue weighted by Crippen LogP contribution is -2.43. The van der Waals surface area contributed by atoms with Crippen LogP contribution in [0.3, 0.4) is 0 Å². The highest BCUT2D eigenvalue weighted by Crippen LogP contribution is 2.39. The third-order valence-electron chi connectivity index (χ3n) is 3.60. The Kier molecular flexibility index (Phi) is 6.39. The van der Waals surface area contributed by atoms with E-state index in [0.717, 1.165) is 10.8 Å². The number of rotatable bonds is 8. The van der Waals surface area contributed by atoms with Crippen molar-refractivity contribution in [2.45, 2.75) is 30.5 Å². The van der Waals surface area contributed by atoms with Crippen molar-refractivity contribution in [2.75, 3.05) is 17.7 Å². The number of aliphatic hydroxyl groups is 2. The summed E-state index contributed by atoms with van der Waals surface area (Å²) < 4.78 is 24.9. The molecule has 1 aliphatic rings. The van der Waals surface area contributed by atoms with Gasteiger partial charge < -0.3 is 25.0 Å². The van der Waals surface area contributed by atoms with E-state index in [-0.39, 0.29) is 18.0 Å². The third-order valence-corrected chi connectivity index (χ3v) is 3.93. The van der Waals surface area contributed by atoms with E-state index in [1.54, 1.807) is 0 Å². The predicted molar refractivity (Wildman–Crippen MR) is 86.9 cm³/mol. The van der Waals surface area contributed by atoms with Crippen LogP contribution < -0.4 is 11.0 Å². The predicted octanol–water partition coefficient (Wildman–Crippen LogP) is -0.689. The molecule has 1 fully saturated rings. The SMILES string of the molecule is [N-]=[N+]=N[C@]1(CO)OC(n2ccc(N[C@@H](CS)OC=O)nc2=O)[C@@H](F)C1O. The number of carbonyl (C=O) groups excluding carboxylic acids is 1. The summed E-state index contributed by atoms with van der Waals surface area (Å²) in [6.07, 6.45) is -5.57. The molecule has 0 spiro atoms. The second kappa shape index (κ2) is 8.33. The summed E-state index contributed by atoms with van der Waals surface area (Å²) in [5.74, 6) is 0.115. The van der Waals surface area contributed by atoms with Crippen LogP contribution in [0.2, 0.25) is 0 Å². The highest BCUT2D eigenvalue weighted by molar-refractivity contribution is 7.80. The minimum atomic E-state index is -2.26. The summed E-state index contributed by atoms with van der Waals surface area (Å²) in [7, 11) is 0. The number of halogens is 1. The fraction of sp³-hybridized carbons (Fsp3) is 0.583. The van der Waals surface area contributed by atoms with Gasteiger partial charge >= 0.3 is 5.69 Å². The number of azide groups is 1. The highest BCUT2D eigenvalue weighted by Gasteiger charge is 2.56. The molecule has 14 heteroatoms. The Bertz CT molecular complexity index is 760. The van der Waals surface area contributed by atoms with Gasteiger partial charge in [-0.2, -0.15) is 17.6 Å². The number of hydrogen-bond acceptors (Lipinski definition) is 10. The zero-order chi connectivity index (χ0) is 19.3. The van der Waals surface area contributed by atoms with Crippen LogP contribution in [-0.4, -0.2) is 62.8 Å². The fourth-order valence-corrected chi connectivity index (χ4v) is 2.50. The van der Waals surface area contributed by atoms with Crippen molar-refractivity contribution in [3.05, 3.63) is 33.2 Å². The van der Waals surface area contributed by atoms with Crippen LogP contribution in [0.4, 0.5) is 10.2 Å². The van der Waals surface area contributed by atoms with Crippen LogP contribution in [0.15, 0.2) is 22.2 Å². The number of ether oxygens (including phenoxy) is 2. The van der Waals surface area contributed by atoms with E-state index < -0.39 is 42.8 Å². The summed E-state index contributed by atoms with van der Waals surface area (Å²) >= 11 is 3.95. The topological polar surface area (TPSA) is 172 Å². The Morgan fingerprint density at radius 1 is 1.73 bits per heavy atom. The zero-order valence-corrected chi connectivity index (χ0v) is 13.9. The molecule has 26 heavy (non-hydrogen) atoms. The first-order valence-electron chi connectivity index (χ1n) is 7.15. The van der Waals surface area contributed by atoms with Crippen molar-refractivity contribution in [1.29, 1.82) is 0 Å². The molecule has 0 radical (unpaired) electrons. The van der Waals surface area contributed by atoms with Gasteiger partial charge in [0.1, 0.15) is 11.9 Å². The maximum atomic E-state index is 14.4. The van der Waals surface area contributed by atoms with E-state index in [2.05, 4.69) is 37.7 Å². The molecule has 0 amide bonds. The maximum absolute atomic E-state index is 14.4. The normalized spacial score (nSPS) is 28.8. The molecule has 2 rings (SSSR count). The number of carbonyl (C=O) groups is 1. The van der Waals surface area contributed by atoms with Gasteiger partial charge in [0.15, 0.2) is 18.6 Å². The van der Waals surface area contributed by atoms with Gasteiger partial charge in [0.05, 0.1) is 6.61 Å². The number of aliphatic hydroxyl groups excluding tert-OH is 2. The van der Waals surface area contributed by atoms with Gasteiger partial charge in [0, 0.05) is 16.9 Å². The molecule has 1 aliphatic heterocycles. The van der Waals surface area contributed by atoms with Gasteiger partial charge in [-0.15, -0.1) is 0 Å². The summed E-state index contributed by atoms with van der Waals surface area (Å²) in [5, 5.41) is 24.9. The van der Waals surface area contributed by atoms with E-state index >= 15 is 0 Å². The number of nitrogens with one attached hydrogen (secondary N) is 1. The van der Waals surface area contributed by atoms with Crippen LogP contribution >= 0.6 is 12.6 Å². The van der Waals surface area contributed by atoms with E-state index in [4.69, 9.17) is 10.3 Å². The number of anilines is 1. The molecule has 0 bridgehead atoms. The van der Waals surface area contributed by atoms with E-state index in [9.17, 15) is 24.2 Å². The summed E-state index contributed by atoms with van der Waals surface area (Å²) in [4.78, 5) is 28.6. The Balaban J connectivity index is 2.28. The van der Waals surface area contributed by atoms with Gasteiger partial charge in [0.2, 0.25) is 5.72 Å².